The molecule has 1 nitrogen and oxygen atoms in total. The van der Waals surface area contributed by atoms with E-state index in [9.17, 15) is 5.11 Å². The van der Waals surface area contributed by atoms with Crippen LogP contribution in [0, 0.1) is 0 Å². The minimum atomic E-state index is -0.516. The summed E-state index contributed by atoms with van der Waals surface area (Å²) in [7, 11) is 2.13. The Balaban J connectivity index is 3.75. The van der Waals surface area contributed by atoms with Crippen LogP contribution in [-0.4, -0.2) is 18.6 Å². The first-order valence-corrected chi connectivity index (χ1v) is 3.43. The van der Waals surface area contributed by atoms with E-state index in [2.05, 4.69) is 21.7 Å². The summed E-state index contributed by atoms with van der Waals surface area (Å²) in [5.74, 6) is 0. The van der Waals surface area contributed by atoms with Gasteiger partial charge in [-0.15, -0.1) is 0 Å². The van der Waals surface area contributed by atoms with E-state index in [1.807, 2.05) is 13.8 Å². The second kappa shape index (κ2) is 2.33. The van der Waals surface area contributed by atoms with Gasteiger partial charge < -0.3 is 5.11 Å². The molecule has 0 aliphatic carbocycles. The summed E-state index contributed by atoms with van der Waals surface area (Å²) in [6.07, 6.45) is 0.847. The molecule has 0 bridgehead atoms. The number of hydrogen-bond acceptors (Lipinski definition) is 1. The summed E-state index contributed by atoms with van der Waals surface area (Å²) >= 11 is 0. The molecule has 0 spiro atoms. The zero-order chi connectivity index (χ0) is 7.71. The quantitative estimate of drug-likeness (QED) is 0.549. The van der Waals surface area contributed by atoms with Crippen LogP contribution < -0.4 is 0 Å². The van der Waals surface area contributed by atoms with Crippen molar-refractivity contribution >= 4 is 7.85 Å². The minimum absolute atomic E-state index is 0.234. The van der Waals surface area contributed by atoms with Crippen molar-refractivity contribution in [3.05, 3.63) is 0 Å². The fourth-order valence-electron chi connectivity index (χ4n) is 1.30. The van der Waals surface area contributed by atoms with Crippen LogP contribution >= 0.6 is 0 Å². The van der Waals surface area contributed by atoms with Gasteiger partial charge >= 0.3 is 0 Å². The van der Waals surface area contributed by atoms with Gasteiger partial charge in [0.15, 0.2) is 0 Å². The van der Waals surface area contributed by atoms with Gasteiger partial charge in [0.05, 0.1) is 5.60 Å². The zero-order valence-corrected chi connectivity index (χ0v) is 7.15. The average Bonchev–Trinajstić information content (AvgIpc) is 1.14. The summed E-state index contributed by atoms with van der Waals surface area (Å²) in [4.78, 5) is 0. The first kappa shape index (κ1) is 9.02. The molecule has 0 aromatic heterocycles. The smallest absolute Gasteiger partial charge is 0.108 e. The van der Waals surface area contributed by atoms with E-state index in [1.54, 1.807) is 0 Å². The Hall–Kier alpha value is 0.0249. The van der Waals surface area contributed by atoms with Gasteiger partial charge in [0.1, 0.15) is 7.85 Å². The van der Waals surface area contributed by atoms with Gasteiger partial charge in [-0.1, -0.05) is 19.2 Å². The largest absolute Gasteiger partial charge is 0.390 e. The van der Waals surface area contributed by atoms with Crippen molar-refractivity contribution < 1.29 is 5.11 Å². The van der Waals surface area contributed by atoms with E-state index in [0.717, 1.165) is 6.42 Å². The number of aliphatic hydroxyl groups is 1. The predicted molar refractivity (Wildman–Crippen MR) is 43.5 cm³/mol. The first-order valence-electron chi connectivity index (χ1n) is 3.43. The van der Waals surface area contributed by atoms with E-state index in [-0.39, 0.29) is 5.31 Å². The van der Waals surface area contributed by atoms with E-state index in [4.69, 9.17) is 0 Å². The Morgan fingerprint density at radius 2 is 1.56 bits per heavy atom. The molecule has 2 heteroatoms. The Labute approximate surface area is 58.9 Å². The molecule has 0 amide bonds. The third-order valence-electron chi connectivity index (χ3n) is 0.963. The Morgan fingerprint density at radius 3 is 1.56 bits per heavy atom. The molecule has 0 saturated carbocycles. The van der Waals surface area contributed by atoms with Gasteiger partial charge in [0.25, 0.3) is 0 Å². The van der Waals surface area contributed by atoms with Gasteiger partial charge in [-0.2, -0.15) is 0 Å². The molecule has 0 saturated heterocycles. The maximum absolute atomic E-state index is 9.35. The molecule has 54 valence electrons. The number of rotatable bonds is 2. The van der Waals surface area contributed by atoms with Crippen molar-refractivity contribution in [1.29, 1.82) is 0 Å². The normalized spacial score (nSPS) is 13.9. The maximum atomic E-state index is 9.35. The van der Waals surface area contributed by atoms with Gasteiger partial charge in [0.2, 0.25) is 0 Å². The molecule has 0 fully saturated rings. The van der Waals surface area contributed by atoms with Gasteiger partial charge in [-0.05, 0) is 20.3 Å². The molecule has 0 unspecified atom stereocenters. The van der Waals surface area contributed by atoms with Crippen molar-refractivity contribution in [3.8, 4) is 0 Å². The summed E-state index contributed by atoms with van der Waals surface area (Å²) in [6.45, 7) is 7.95. The molecule has 0 radical (unpaired) electrons. The third kappa shape index (κ3) is 8.02. The van der Waals surface area contributed by atoms with Crippen molar-refractivity contribution in [3.63, 3.8) is 0 Å². The van der Waals surface area contributed by atoms with Crippen molar-refractivity contribution in [2.45, 2.75) is 45.0 Å². The molecule has 0 atom stereocenters. The van der Waals surface area contributed by atoms with E-state index in [1.165, 1.54) is 0 Å². The van der Waals surface area contributed by atoms with E-state index >= 15 is 0 Å². The molecule has 0 aromatic carbocycles. The lowest BCUT2D eigenvalue weighted by molar-refractivity contribution is 0.0608. The van der Waals surface area contributed by atoms with Gasteiger partial charge in [-0.25, -0.2) is 0 Å². The van der Waals surface area contributed by atoms with Gasteiger partial charge in [-0.3, -0.25) is 0 Å². The topological polar surface area (TPSA) is 20.2 Å². The van der Waals surface area contributed by atoms with Crippen LogP contribution in [0.5, 0.6) is 0 Å². The molecule has 0 aliphatic heterocycles. The number of hydrogen-bond donors (Lipinski definition) is 1. The lowest BCUT2D eigenvalue weighted by atomic mass is 9.67. The Kier molecular flexibility index (Phi) is 2.34. The molecule has 1 N–H and O–H groups in total. The van der Waals surface area contributed by atoms with Crippen LogP contribution in [0.4, 0.5) is 0 Å². The van der Waals surface area contributed by atoms with Crippen LogP contribution in [0.25, 0.3) is 0 Å². The highest BCUT2D eigenvalue weighted by molar-refractivity contribution is 6.14. The van der Waals surface area contributed by atoms with E-state index in [0.29, 0.717) is 0 Å². The molecular formula is C7H17BO. The Bertz CT molecular complexity index is 74.1. The molecule has 9 heavy (non-hydrogen) atoms. The van der Waals surface area contributed by atoms with Crippen molar-refractivity contribution in [1.82, 2.24) is 0 Å². The lowest BCUT2D eigenvalue weighted by Crippen LogP contribution is -2.24. The van der Waals surface area contributed by atoms with Crippen LogP contribution in [0.2, 0.25) is 5.31 Å². The highest BCUT2D eigenvalue weighted by Gasteiger charge is 2.21. The second-order valence-electron chi connectivity index (χ2n) is 4.55. The lowest BCUT2D eigenvalue weighted by Gasteiger charge is -2.27. The van der Waals surface area contributed by atoms with Crippen LogP contribution in [0.1, 0.15) is 34.1 Å². The summed E-state index contributed by atoms with van der Waals surface area (Å²) in [6, 6.07) is 0. The average molecular weight is 128 g/mol. The third-order valence-corrected chi connectivity index (χ3v) is 0.963. The summed E-state index contributed by atoms with van der Waals surface area (Å²) < 4.78 is 0. The Morgan fingerprint density at radius 1 is 1.22 bits per heavy atom. The van der Waals surface area contributed by atoms with Crippen LogP contribution in [0.3, 0.4) is 0 Å². The zero-order valence-electron chi connectivity index (χ0n) is 7.15. The highest BCUT2D eigenvalue weighted by Crippen LogP contribution is 2.30. The summed E-state index contributed by atoms with van der Waals surface area (Å²) in [5.41, 5.74) is -0.516. The minimum Gasteiger partial charge on any atom is -0.390 e. The molecule has 0 rings (SSSR count). The summed E-state index contributed by atoms with van der Waals surface area (Å²) in [5, 5.41) is 9.59. The maximum Gasteiger partial charge on any atom is 0.108 e. The monoisotopic (exact) mass is 128 g/mol. The predicted octanol–water partition coefficient (Wildman–Crippen LogP) is 0.979. The van der Waals surface area contributed by atoms with E-state index < -0.39 is 5.60 Å². The second-order valence-corrected chi connectivity index (χ2v) is 4.55. The molecule has 0 aliphatic rings. The SMILES string of the molecule is BC(C)(C)CC(C)(C)O. The van der Waals surface area contributed by atoms with Crippen LogP contribution in [0.15, 0.2) is 0 Å². The van der Waals surface area contributed by atoms with Crippen molar-refractivity contribution in [2.24, 2.45) is 0 Å². The standard InChI is InChI=1S/C7H17BO/c1-6(2,8)5-7(3,4)9/h9H,5,8H2,1-4H3. The van der Waals surface area contributed by atoms with Gasteiger partial charge in [0, 0.05) is 0 Å². The molecule has 0 heterocycles. The first-order chi connectivity index (χ1) is 3.71. The fraction of sp³-hybridized carbons (Fsp3) is 1.00. The fourth-order valence-corrected chi connectivity index (χ4v) is 1.30. The molecule has 0 aromatic rings. The van der Waals surface area contributed by atoms with Crippen LogP contribution in [-0.2, 0) is 0 Å². The van der Waals surface area contributed by atoms with Crippen molar-refractivity contribution in [2.75, 3.05) is 0 Å². The highest BCUT2D eigenvalue weighted by atomic mass is 16.3. The molecular weight excluding hydrogens is 111 g/mol.